The first-order chi connectivity index (χ1) is 15.2. The van der Waals surface area contributed by atoms with Crippen molar-refractivity contribution < 1.29 is 9.32 Å². The zero-order valence-electron chi connectivity index (χ0n) is 17.6. The number of aryl methyl sites for hydroxylation is 1. The maximum absolute atomic E-state index is 13.0. The molecule has 2 saturated heterocycles. The highest BCUT2D eigenvalue weighted by Gasteiger charge is 2.30. The second kappa shape index (κ2) is 8.41. The summed E-state index contributed by atoms with van der Waals surface area (Å²) in [6.45, 7) is 5.12. The lowest BCUT2D eigenvalue weighted by Crippen LogP contribution is -2.40. The largest absolute Gasteiger partial charge is 0.356 e. The quantitative estimate of drug-likeness (QED) is 0.636. The second-order valence-corrected chi connectivity index (χ2v) is 8.18. The van der Waals surface area contributed by atoms with Crippen LogP contribution in [0.2, 0.25) is 0 Å². The average Bonchev–Trinajstić information content (AvgIpc) is 3.51. The van der Waals surface area contributed by atoms with Crippen LogP contribution in [0.4, 0.5) is 5.95 Å². The Labute approximate surface area is 180 Å². The van der Waals surface area contributed by atoms with Gasteiger partial charge in [0.15, 0.2) is 5.76 Å². The number of rotatable bonds is 4. The molecule has 0 aliphatic carbocycles. The van der Waals surface area contributed by atoms with Gasteiger partial charge in [0.2, 0.25) is 5.95 Å². The van der Waals surface area contributed by atoms with Crippen LogP contribution in [-0.4, -0.2) is 62.1 Å². The van der Waals surface area contributed by atoms with Gasteiger partial charge >= 0.3 is 0 Å². The molecule has 0 saturated carbocycles. The van der Waals surface area contributed by atoms with Crippen LogP contribution < -0.4 is 4.90 Å². The van der Waals surface area contributed by atoms with E-state index in [4.69, 9.17) is 9.51 Å². The predicted molar refractivity (Wildman–Crippen MR) is 114 cm³/mol. The summed E-state index contributed by atoms with van der Waals surface area (Å²) >= 11 is 0. The Kier molecular flexibility index (Phi) is 5.31. The maximum atomic E-state index is 13.0. The van der Waals surface area contributed by atoms with Crippen LogP contribution in [0.5, 0.6) is 0 Å². The van der Waals surface area contributed by atoms with E-state index in [0.29, 0.717) is 24.5 Å². The lowest BCUT2D eigenvalue weighted by atomic mass is 9.91. The molecule has 1 amide bonds. The van der Waals surface area contributed by atoms with E-state index in [0.717, 1.165) is 61.7 Å². The number of hydrogen-bond acceptors (Lipinski definition) is 8. The zero-order valence-corrected chi connectivity index (χ0v) is 17.6. The number of amides is 1. The molecule has 0 bridgehead atoms. The van der Waals surface area contributed by atoms with Crippen LogP contribution in [0, 0.1) is 6.92 Å². The molecular weight excluding hydrogens is 394 g/mol. The third-order valence-electron chi connectivity index (χ3n) is 5.97. The summed E-state index contributed by atoms with van der Waals surface area (Å²) in [4.78, 5) is 34.9. The van der Waals surface area contributed by atoms with Crippen LogP contribution in [0.3, 0.4) is 0 Å². The molecule has 1 unspecified atom stereocenters. The monoisotopic (exact) mass is 419 g/mol. The van der Waals surface area contributed by atoms with Crippen molar-refractivity contribution >= 4 is 11.9 Å². The molecule has 0 radical (unpaired) electrons. The molecule has 5 heterocycles. The van der Waals surface area contributed by atoms with Crippen molar-refractivity contribution in [2.75, 3.05) is 31.1 Å². The predicted octanol–water partition coefficient (Wildman–Crippen LogP) is 2.85. The van der Waals surface area contributed by atoms with E-state index in [1.807, 2.05) is 24.1 Å². The number of anilines is 1. The van der Waals surface area contributed by atoms with Gasteiger partial charge in [-0.2, -0.15) is 0 Å². The summed E-state index contributed by atoms with van der Waals surface area (Å²) in [5.74, 6) is 1.41. The second-order valence-electron chi connectivity index (χ2n) is 8.18. The zero-order chi connectivity index (χ0) is 21.2. The SMILES string of the molecule is Cc1cc(-c2cnc(N3CCCC3)nc2C2CCCN(C(=O)c3cnccn3)C2)on1. The van der Waals surface area contributed by atoms with Crippen molar-refractivity contribution in [1.29, 1.82) is 0 Å². The fraction of sp³-hybridized carbons (Fsp3) is 0.455. The first kappa shape index (κ1) is 19.6. The molecule has 0 aromatic carbocycles. The molecule has 160 valence electrons. The molecule has 2 fully saturated rings. The number of likely N-dealkylation sites (tertiary alicyclic amines) is 1. The number of hydrogen-bond donors (Lipinski definition) is 0. The summed E-state index contributed by atoms with van der Waals surface area (Å²) < 4.78 is 5.55. The molecule has 31 heavy (non-hydrogen) atoms. The average molecular weight is 419 g/mol. The van der Waals surface area contributed by atoms with E-state index in [1.165, 1.54) is 6.20 Å². The lowest BCUT2D eigenvalue weighted by Gasteiger charge is -2.33. The minimum atomic E-state index is -0.0938. The third-order valence-corrected chi connectivity index (χ3v) is 5.97. The molecule has 2 aliphatic rings. The molecule has 3 aromatic rings. The lowest BCUT2D eigenvalue weighted by molar-refractivity contribution is 0.0699. The number of piperidine rings is 1. The Balaban J connectivity index is 1.48. The van der Waals surface area contributed by atoms with E-state index in [2.05, 4.69) is 25.0 Å². The van der Waals surface area contributed by atoms with E-state index in [-0.39, 0.29) is 11.8 Å². The van der Waals surface area contributed by atoms with Gasteiger partial charge in [-0.15, -0.1) is 0 Å². The van der Waals surface area contributed by atoms with Gasteiger partial charge < -0.3 is 14.3 Å². The van der Waals surface area contributed by atoms with Gasteiger partial charge in [0, 0.05) is 56.8 Å². The van der Waals surface area contributed by atoms with Crippen molar-refractivity contribution in [1.82, 2.24) is 30.0 Å². The molecule has 0 spiro atoms. The Hall–Kier alpha value is -3.36. The van der Waals surface area contributed by atoms with Gasteiger partial charge in [0.05, 0.1) is 23.1 Å². The van der Waals surface area contributed by atoms with Crippen LogP contribution in [-0.2, 0) is 0 Å². The topological polar surface area (TPSA) is 101 Å². The normalized spacial score (nSPS) is 19.1. The highest BCUT2D eigenvalue weighted by Crippen LogP contribution is 2.35. The summed E-state index contributed by atoms with van der Waals surface area (Å²) in [5, 5.41) is 4.04. The van der Waals surface area contributed by atoms with Gasteiger partial charge in [-0.1, -0.05) is 5.16 Å². The smallest absolute Gasteiger partial charge is 0.274 e. The summed E-state index contributed by atoms with van der Waals surface area (Å²) in [5.41, 5.74) is 2.95. The van der Waals surface area contributed by atoms with Crippen molar-refractivity contribution in [2.45, 2.75) is 38.5 Å². The van der Waals surface area contributed by atoms with Crippen molar-refractivity contribution in [2.24, 2.45) is 0 Å². The fourth-order valence-corrected chi connectivity index (χ4v) is 4.40. The molecule has 9 nitrogen and oxygen atoms in total. The van der Waals surface area contributed by atoms with Crippen LogP contribution >= 0.6 is 0 Å². The Bertz CT molecular complexity index is 1060. The minimum Gasteiger partial charge on any atom is -0.356 e. The molecule has 2 aliphatic heterocycles. The number of carbonyl (C=O) groups excluding carboxylic acids is 1. The summed E-state index contributed by atoms with van der Waals surface area (Å²) in [6, 6.07) is 1.91. The number of aromatic nitrogens is 5. The minimum absolute atomic E-state index is 0.0825. The van der Waals surface area contributed by atoms with Gasteiger partial charge in [0.1, 0.15) is 5.69 Å². The number of nitrogens with zero attached hydrogens (tertiary/aromatic N) is 7. The molecular formula is C22H25N7O2. The van der Waals surface area contributed by atoms with Gasteiger partial charge in [-0.25, -0.2) is 15.0 Å². The molecule has 3 aromatic heterocycles. The van der Waals surface area contributed by atoms with E-state index >= 15 is 0 Å². The molecule has 1 atom stereocenters. The summed E-state index contributed by atoms with van der Waals surface area (Å²) in [7, 11) is 0. The van der Waals surface area contributed by atoms with Crippen LogP contribution in [0.25, 0.3) is 11.3 Å². The molecule has 9 heteroatoms. The van der Waals surface area contributed by atoms with Crippen molar-refractivity contribution in [3.63, 3.8) is 0 Å². The van der Waals surface area contributed by atoms with E-state index < -0.39 is 0 Å². The fourth-order valence-electron chi connectivity index (χ4n) is 4.40. The summed E-state index contributed by atoms with van der Waals surface area (Å²) in [6.07, 6.45) is 10.6. The first-order valence-electron chi connectivity index (χ1n) is 10.8. The maximum Gasteiger partial charge on any atom is 0.274 e. The van der Waals surface area contributed by atoms with Crippen molar-refractivity contribution in [3.05, 3.63) is 47.9 Å². The van der Waals surface area contributed by atoms with E-state index in [9.17, 15) is 4.79 Å². The number of carbonyl (C=O) groups is 1. The van der Waals surface area contributed by atoms with Gasteiger partial charge in [-0.3, -0.25) is 9.78 Å². The molecule has 5 rings (SSSR count). The van der Waals surface area contributed by atoms with Crippen LogP contribution in [0.15, 0.2) is 35.4 Å². The highest BCUT2D eigenvalue weighted by molar-refractivity contribution is 5.92. The van der Waals surface area contributed by atoms with Crippen LogP contribution in [0.1, 0.15) is 53.5 Å². The van der Waals surface area contributed by atoms with Crippen molar-refractivity contribution in [3.8, 4) is 11.3 Å². The highest BCUT2D eigenvalue weighted by atomic mass is 16.5. The standard InChI is InChI=1S/C22H25N7O2/c1-15-11-19(31-27-15)17-12-25-22(28-8-2-3-9-28)26-20(17)16-5-4-10-29(14-16)21(30)18-13-23-6-7-24-18/h6-7,11-13,16H,2-5,8-10,14H2,1H3. The van der Waals surface area contributed by atoms with Gasteiger partial charge in [0.25, 0.3) is 5.91 Å². The molecule has 0 N–H and O–H groups in total. The van der Waals surface area contributed by atoms with Gasteiger partial charge in [-0.05, 0) is 32.6 Å². The Morgan fingerprint density at radius 2 is 1.97 bits per heavy atom. The Morgan fingerprint density at radius 1 is 1.10 bits per heavy atom. The first-order valence-corrected chi connectivity index (χ1v) is 10.8. The van der Waals surface area contributed by atoms with E-state index in [1.54, 1.807) is 12.4 Å². The third kappa shape index (κ3) is 3.99. The Morgan fingerprint density at radius 3 is 2.71 bits per heavy atom.